The van der Waals surface area contributed by atoms with Crippen molar-refractivity contribution in [2.24, 2.45) is 0 Å². The Morgan fingerprint density at radius 1 is 1.38 bits per heavy atom. The zero-order valence-electron chi connectivity index (χ0n) is 12.5. The molecular formula is C15H19N5S. The zero-order chi connectivity index (χ0) is 14.8. The smallest absolute Gasteiger partial charge is 0.103 e. The fourth-order valence-electron chi connectivity index (χ4n) is 2.42. The average Bonchev–Trinajstić information content (AvgIpc) is 3.10. The molecule has 6 heteroatoms. The second-order valence-electron chi connectivity index (χ2n) is 5.15. The van der Waals surface area contributed by atoms with Crippen molar-refractivity contribution < 1.29 is 0 Å². The molecule has 1 unspecified atom stereocenters. The normalized spacial score (nSPS) is 12.9. The number of fused-ring (bicyclic) bond motifs is 1. The van der Waals surface area contributed by atoms with Crippen LogP contribution in [0.1, 0.15) is 37.7 Å². The average molecular weight is 301 g/mol. The molecule has 5 nitrogen and oxygen atoms in total. The van der Waals surface area contributed by atoms with Crippen LogP contribution in [0.3, 0.4) is 0 Å². The number of aromatic nitrogens is 4. The van der Waals surface area contributed by atoms with E-state index in [0.29, 0.717) is 0 Å². The quantitative estimate of drug-likeness (QED) is 0.786. The third kappa shape index (κ3) is 2.69. The molecule has 21 heavy (non-hydrogen) atoms. The van der Waals surface area contributed by atoms with Gasteiger partial charge in [0.2, 0.25) is 0 Å². The molecule has 2 aromatic heterocycles. The fourth-order valence-corrected chi connectivity index (χ4v) is 3.13. The van der Waals surface area contributed by atoms with E-state index in [4.69, 9.17) is 0 Å². The maximum absolute atomic E-state index is 4.35. The molecule has 0 saturated heterocycles. The van der Waals surface area contributed by atoms with E-state index in [1.807, 2.05) is 22.3 Å². The summed E-state index contributed by atoms with van der Waals surface area (Å²) in [5.41, 5.74) is 6.01. The summed E-state index contributed by atoms with van der Waals surface area (Å²) in [6.45, 7) is 7.34. The van der Waals surface area contributed by atoms with Crippen molar-refractivity contribution in [3.8, 4) is 5.69 Å². The van der Waals surface area contributed by atoms with Crippen molar-refractivity contribution in [3.63, 3.8) is 0 Å². The number of hydrogen-bond acceptors (Lipinski definition) is 5. The van der Waals surface area contributed by atoms with E-state index in [0.717, 1.165) is 35.6 Å². The van der Waals surface area contributed by atoms with Gasteiger partial charge in [-0.2, -0.15) is 0 Å². The van der Waals surface area contributed by atoms with Gasteiger partial charge in [0.15, 0.2) is 0 Å². The molecule has 0 aliphatic carbocycles. The zero-order valence-corrected chi connectivity index (χ0v) is 13.3. The lowest BCUT2D eigenvalue weighted by atomic mass is 10.2. The molecule has 0 amide bonds. The minimum Gasteiger partial charge on any atom is -0.309 e. The molecular weight excluding hydrogens is 282 g/mol. The van der Waals surface area contributed by atoms with Crippen LogP contribution in [0.15, 0.2) is 23.7 Å². The van der Waals surface area contributed by atoms with Gasteiger partial charge in [0.1, 0.15) is 5.69 Å². The molecule has 0 aliphatic heterocycles. The highest BCUT2D eigenvalue weighted by atomic mass is 32.1. The Balaban J connectivity index is 1.93. The summed E-state index contributed by atoms with van der Waals surface area (Å²) >= 11 is 1.64. The first-order valence-electron chi connectivity index (χ1n) is 7.20. The van der Waals surface area contributed by atoms with Crippen LogP contribution in [0.5, 0.6) is 0 Å². The topological polar surface area (TPSA) is 55.6 Å². The summed E-state index contributed by atoms with van der Waals surface area (Å²) in [6, 6.07) is 6.40. The van der Waals surface area contributed by atoms with Gasteiger partial charge in [-0.25, -0.2) is 9.67 Å². The molecule has 0 saturated carbocycles. The number of hydrogen-bond donors (Lipinski definition) is 1. The van der Waals surface area contributed by atoms with Crippen LogP contribution in [0, 0.1) is 6.92 Å². The summed E-state index contributed by atoms with van der Waals surface area (Å²) in [7, 11) is 0. The summed E-state index contributed by atoms with van der Waals surface area (Å²) in [5, 5.41) is 12.1. The Morgan fingerprint density at radius 3 is 3.05 bits per heavy atom. The van der Waals surface area contributed by atoms with Crippen molar-refractivity contribution in [2.75, 3.05) is 6.54 Å². The molecule has 1 aromatic carbocycles. The molecule has 110 valence electrons. The van der Waals surface area contributed by atoms with E-state index in [-0.39, 0.29) is 6.04 Å². The van der Waals surface area contributed by atoms with Gasteiger partial charge in [-0.1, -0.05) is 12.1 Å². The van der Waals surface area contributed by atoms with Gasteiger partial charge >= 0.3 is 0 Å². The first-order chi connectivity index (χ1) is 10.2. The molecule has 0 fully saturated rings. The maximum Gasteiger partial charge on any atom is 0.103 e. The first kappa shape index (κ1) is 14.2. The largest absolute Gasteiger partial charge is 0.309 e. The van der Waals surface area contributed by atoms with E-state index in [1.165, 1.54) is 4.70 Å². The Labute approximate surface area is 128 Å². The number of nitrogens with zero attached hydrogens (tertiary/aromatic N) is 4. The highest BCUT2D eigenvalue weighted by molar-refractivity contribution is 7.16. The lowest BCUT2D eigenvalue weighted by molar-refractivity contribution is 0.555. The van der Waals surface area contributed by atoms with E-state index < -0.39 is 0 Å². The summed E-state index contributed by atoms with van der Waals surface area (Å²) in [6.07, 6.45) is 1.11. The number of benzene rings is 1. The molecule has 2 heterocycles. The van der Waals surface area contributed by atoms with Gasteiger partial charge < -0.3 is 5.32 Å². The van der Waals surface area contributed by atoms with Crippen LogP contribution in [0.4, 0.5) is 0 Å². The predicted octanol–water partition coefficient (Wildman–Crippen LogP) is 3.25. The van der Waals surface area contributed by atoms with Crippen LogP contribution < -0.4 is 5.32 Å². The maximum atomic E-state index is 4.35. The van der Waals surface area contributed by atoms with E-state index in [9.17, 15) is 0 Å². The Kier molecular flexibility index (Phi) is 3.98. The second-order valence-corrected chi connectivity index (χ2v) is 6.04. The van der Waals surface area contributed by atoms with Crippen molar-refractivity contribution in [2.45, 2.75) is 33.2 Å². The predicted molar refractivity (Wildman–Crippen MR) is 86.0 cm³/mol. The van der Waals surface area contributed by atoms with Gasteiger partial charge in [0.25, 0.3) is 0 Å². The van der Waals surface area contributed by atoms with Crippen LogP contribution in [0.2, 0.25) is 0 Å². The molecule has 0 spiro atoms. The first-order valence-corrected chi connectivity index (χ1v) is 8.08. The lowest BCUT2D eigenvalue weighted by Crippen LogP contribution is -2.20. The van der Waals surface area contributed by atoms with Crippen molar-refractivity contribution in [3.05, 3.63) is 35.1 Å². The molecule has 1 N–H and O–H groups in total. The minimum absolute atomic E-state index is 0.214. The molecule has 3 aromatic rings. The van der Waals surface area contributed by atoms with Crippen LogP contribution in [-0.2, 0) is 0 Å². The number of nitrogens with one attached hydrogen (secondary N) is 1. The number of rotatable bonds is 5. The highest BCUT2D eigenvalue weighted by Gasteiger charge is 2.16. The molecule has 0 aliphatic rings. The molecule has 0 radical (unpaired) electrons. The van der Waals surface area contributed by atoms with Crippen LogP contribution in [0.25, 0.3) is 15.9 Å². The second kappa shape index (κ2) is 5.91. The Morgan fingerprint density at radius 2 is 2.24 bits per heavy atom. The Bertz CT molecular complexity index is 745. The fraction of sp³-hybridized carbons (Fsp3) is 0.400. The third-order valence-corrected chi connectivity index (χ3v) is 4.39. The summed E-state index contributed by atoms with van der Waals surface area (Å²) < 4.78 is 3.07. The van der Waals surface area contributed by atoms with Gasteiger partial charge in [0, 0.05) is 0 Å². The van der Waals surface area contributed by atoms with Crippen molar-refractivity contribution >= 4 is 21.6 Å². The molecule has 3 rings (SSSR count). The highest BCUT2D eigenvalue weighted by Crippen LogP contribution is 2.23. The SMILES string of the molecule is CCCNC(C)c1nnn(-c2ccc3ncsc3c2)c1C. The summed E-state index contributed by atoms with van der Waals surface area (Å²) in [4.78, 5) is 4.31. The third-order valence-electron chi connectivity index (χ3n) is 3.60. The van der Waals surface area contributed by atoms with Crippen LogP contribution >= 0.6 is 11.3 Å². The van der Waals surface area contributed by atoms with Gasteiger partial charge in [-0.3, -0.25) is 0 Å². The van der Waals surface area contributed by atoms with E-state index >= 15 is 0 Å². The van der Waals surface area contributed by atoms with Crippen molar-refractivity contribution in [1.29, 1.82) is 0 Å². The van der Waals surface area contributed by atoms with Crippen LogP contribution in [-0.4, -0.2) is 26.5 Å². The summed E-state index contributed by atoms with van der Waals surface area (Å²) in [5.74, 6) is 0. The Hall–Kier alpha value is -1.79. The molecule has 1 atom stereocenters. The minimum atomic E-state index is 0.214. The van der Waals surface area contributed by atoms with E-state index in [2.05, 4.69) is 47.5 Å². The van der Waals surface area contributed by atoms with E-state index in [1.54, 1.807) is 11.3 Å². The van der Waals surface area contributed by atoms with Gasteiger partial charge in [-0.05, 0) is 45.0 Å². The number of thiazole rings is 1. The van der Waals surface area contributed by atoms with Gasteiger partial charge in [-0.15, -0.1) is 16.4 Å². The standard InChI is InChI=1S/C15H19N5S/c1-4-7-16-10(2)15-11(3)20(19-18-15)12-5-6-13-14(8-12)21-9-17-13/h5-6,8-10,16H,4,7H2,1-3H3. The molecule has 0 bridgehead atoms. The monoisotopic (exact) mass is 301 g/mol. The lowest BCUT2D eigenvalue weighted by Gasteiger charge is -2.11. The van der Waals surface area contributed by atoms with Gasteiger partial charge in [0.05, 0.1) is 33.2 Å². The van der Waals surface area contributed by atoms with Crippen molar-refractivity contribution in [1.82, 2.24) is 25.3 Å².